The first-order valence-electron chi connectivity index (χ1n) is 9.36. The molecule has 2 heterocycles. The highest BCUT2D eigenvalue weighted by molar-refractivity contribution is 6.08. The van der Waals surface area contributed by atoms with E-state index in [1.54, 1.807) is 19.3 Å². The second kappa shape index (κ2) is 7.77. The fraction of sp³-hybridized carbons (Fsp3) is 0.136. The molecule has 4 rings (SSSR count). The molecular weight excluding hydrogens is 406 g/mol. The predicted octanol–water partition coefficient (Wildman–Crippen LogP) is 2.73. The van der Waals surface area contributed by atoms with Crippen LogP contribution in [0, 0.1) is 18.6 Å². The van der Waals surface area contributed by atoms with Gasteiger partial charge in [0.1, 0.15) is 11.6 Å². The van der Waals surface area contributed by atoms with E-state index in [0.29, 0.717) is 0 Å². The zero-order chi connectivity index (χ0) is 22.3. The van der Waals surface area contributed by atoms with Gasteiger partial charge < -0.3 is 10.4 Å². The number of pyridine rings is 1. The Bertz CT molecular complexity index is 1380. The molecule has 0 saturated carbocycles. The molecule has 1 amide bonds. The molecule has 9 heteroatoms. The zero-order valence-corrected chi connectivity index (χ0v) is 16.6. The van der Waals surface area contributed by atoms with Gasteiger partial charge in [0.05, 0.1) is 10.9 Å². The summed E-state index contributed by atoms with van der Waals surface area (Å²) in [5, 5.41) is 16.8. The van der Waals surface area contributed by atoms with Crippen molar-refractivity contribution >= 4 is 16.7 Å². The number of carbonyl (C=O) groups excluding carboxylic acids is 1. The molecule has 2 aromatic carbocycles. The van der Waals surface area contributed by atoms with E-state index in [-0.39, 0.29) is 33.4 Å². The lowest BCUT2D eigenvalue weighted by Gasteiger charge is -2.18. The molecule has 0 aliphatic heterocycles. The lowest BCUT2D eigenvalue weighted by atomic mass is 10.0. The number of aryl methyl sites for hydroxylation is 1. The third-order valence-electron chi connectivity index (χ3n) is 4.99. The van der Waals surface area contributed by atoms with Crippen molar-refractivity contribution in [3.05, 3.63) is 93.5 Å². The summed E-state index contributed by atoms with van der Waals surface area (Å²) in [6, 6.07) is 10.7. The third kappa shape index (κ3) is 3.59. The van der Waals surface area contributed by atoms with E-state index in [0.717, 1.165) is 16.7 Å². The Balaban J connectivity index is 1.90. The number of fused-ring (bicyclic) bond motifs is 1. The number of carbonyl (C=O) groups is 1. The van der Waals surface area contributed by atoms with Crippen LogP contribution in [0.1, 0.15) is 27.8 Å². The van der Waals surface area contributed by atoms with Gasteiger partial charge in [0.2, 0.25) is 0 Å². The maximum atomic E-state index is 14.6. The topological polar surface area (TPSA) is 89.2 Å². The fourth-order valence-corrected chi connectivity index (χ4v) is 3.56. The minimum absolute atomic E-state index is 0.00444. The van der Waals surface area contributed by atoms with Crippen LogP contribution in [0.4, 0.5) is 8.78 Å². The molecule has 7 nitrogen and oxygen atoms in total. The first kappa shape index (κ1) is 20.4. The fourth-order valence-electron chi connectivity index (χ4n) is 3.56. The van der Waals surface area contributed by atoms with Gasteiger partial charge in [0.15, 0.2) is 12.0 Å². The number of aliphatic hydroxyl groups is 1. The van der Waals surface area contributed by atoms with E-state index >= 15 is 0 Å². The average molecular weight is 424 g/mol. The summed E-state index contributed by atoms with van der Waals surface area (Å²) < 4.78 is 30.7. The van der Waals surface area contributed by atoms with Gasteiger partial charge >= 0.3 is 0 Å². The Morgan fingerprint density at radius 2 is 1.90 bits per heavy atom. The SMILES string of the molecule is Cc1c(C(=O)N[C@@H](O)c2cccc(F)c2)c2cccc(F)c2c(=O)n1-c1ccn(C)n1. The van der Waals surface area contributed by atoms with Crippen LogP contribution < -0.4 is 10.9 Å². The molecule has 1 atom stereocenters. The smallest absolute Gasteiger partial charge is 0.267 e. The van der Waals surface area contributed by atoms with E-state index in [9.17, 15) is 23.5 Å². The van der Waals surface area contributed by atoms with Gasteiger partial charge in [-0.2, -0.15) is 5.10 Å². The summed E-state index contributed by atoms with van der Waals surface area (Å²) in [6.07, 6.45) is 0.0988. The molecule has 0 aliphatic carbocycles. The average Bonchev–Trinajstić information content (AvgIpc) is 3.13. The van der Waals surface area contributed by atoms with E-state index in [2.05, 4.69) is 10.4 Å². The number of hydrogen-bond acceptors (Lipinski definition) is 4. The number of benzene rings is 2. The van der Waals surface area contributed by atoms with E-state index in [1.165, 1.54) is 41.9 Å². The van der Waals surface area contributed by atoms with E-state index in [1.807, 2.05) is 0 Å². The monoisotopic (exact) mass is 424 g/mol. The molecule has 0 spiro atoms. The van der Waals surface area contributed by atoms with Gasteiger partial charge in [-0.3, -0.25) is 18.8 Å². The Hall–Kier alpha value is -3.85. The molecule has 2 aromatic heterocycles. The number of hydrogen-bond donors (Lipinski definition) is 2. The van der Waals surface area contributed by atoms with Crippen LogP contribution in [0.15, 0.2) is 59.5 Å². The van der Waals surface area contributed by atoms with Gasteiger partial charge in [-0.1, -0.05) is 24.3 Å². The summed E-state index contributed by atoms with van der Waals surface area (Å²) in [7, 11) is 1.66. The molecule has 31 heavy (non-hydrogen) atoms. The van der Waals surface area contributed by atoms with Crippen LogP contribution in [0.3, 0.4) is 0 Å². The van der Waals surface area contributed by atoms with Crippen LogP contribution in [0.25, 0.3) is 16.6 Å². The number of halogens is 2. The minimum Gasteiger partial charge on any atom is -0.369 e. The molecule has 2 N–H and O–H groups in total. The summed E-state index contributed by atoms with van der Waals surface area (Å²) in [5.74, 6) is -1.89. The number of aliphatic hydroxyl groups excluding tert-OH is 1. The van der Waals surface area contributed by atoms with Crippen LogP contribution >= 0.6 is 0 Å². The zero-order valence-electron chi connectivity index (χ0n) is 16.6. The quantitative estimate of drug-likeness (QED) is 0.493. The Labute approximate surface area is 175 Å². The second-order valence-electron chi connectivity index (χ2n) is 7.04. The highest BCUT2D eigenvalue weighted by Crippen LogP contribution is 2.24. The first-order valence-corrected chi connectivity index (χ1v) is 9.36. The van der Waals surface area contributed by atoms with Crippen LogP contribution in [-0.4, -0.2) is 25.4 Å². The lowest BCUT2D eigenvalue weighted by Crippen LogP contribution is -2.32. The van der Waals surface area contributed by atoms with Crippen molar-refractivity contribution in [3.63, 3.8) is 0 Å². The van der Waals surface area contributed by atoms with Crippen molar-refractivity contribution in [3.8, 4) is 5.82 Å². The second-order valence-corrected chi connectivity index (χ2v) is 7.04. The van der Waals surface area contributed by atoms with Crippen molar-refractivity contribution < 1.29 is 18.7 Å². The molecular formula is C22H18F2N4O3. The number of rotatable bonds is 4. The molecule has 0 radical (unpaired) electrons. The highest BCUT2D eigenvalue weighted by atomic mass is 19.1. The Morgan fingerprint density at radius 1 is 1.16 bits per heavy atom. The van der Waals surface area contributed by atoms with Crippen LogP contribution in [0.5, 0.6) is 0 Å². The van der Waals surface area contributed by atoms with E-state index < -0.39 is 29.3 Å². The Kier molecular flexibility index (Phi) is 5.12. The standard InChI is InChI=1S/C22H18F2N4O3/c1-12-18(21(30)25-20(29)13-5-3-6-14(23)11-13)15-7-4-8-16(24)19(15)22(31)28(12)17-9-10-27(2)26-17/h3-11,20,29H,1-2H3,(H,25,30)/t20-/m0/s1. The number of nitrogens with zero attached hydrogens (tertiary/aromatic N) is 3. The maximum Gasteiger partial charge on any atom is 0.267 e. The predicted molar refractivity (Wildman–Crippen MR) is 110 cm³/mol. The molecule has 0 bridgehead atoms. The molecule has 0 aliphatic rings. The number of nitrogens with one attached hydrogen (secondary N) is 1. The van der Waals surface area contributed by atoms with Gasteiger partial charge in [0, 0.05) is 36.0 Å². The lowest BCUT2D eigenvalue weighted by molar-refractivity contribution is 0.0783. The summed E-state index contributed by atoms with van der Waals surface area (Å²) in [5.41, 5.74) is -0.313. The first-order chi connectivity index (χ1) is 14.8. The van der Waals surface area contributed by atoms with Gasteiger partial charge in [-0.05, 0) is 25.1 Å². The van der Waals surface area contributed by atoms with Gasteiger partial charge in [-0.25, -0.2) is 8.78 Å². The van der Waals surface area contributed by atoms with Crippen molar-refractivity contribution in [1.82, 2.24) is 19.7 Å². The molecule has 0 saturated heterocycles. The summed E-state index contributed by atoms with van der Waals surface area (Å²) in [4.78, 5) is 26.2. The van der Waals surface area contributed by atoms with Crippen molar-refractivity contribution in [1.29, 1.82) is 0 Å². The minimum atomic E-state index is -1.51. The highest BCUT2D eigenvalue weighted by Gasteiger charge is 2.24. The van der Waals surface area contributed by atoms with Gasteiger partial charge in [-0.15, -0.1) is 0 Å². The van der Waals surface area contributed by atoms with Crippen molar-refractivity contribution in [2.75, 3.05) is 0 Å². The maximum absolute atomic E-state index is 14.6. The van der Waals surface area contributed by atoms with E-state index in [4.69, 9.17) is 0 Å². The Morgan fingerprint density at radius 3 is 2.58 bits per heavy atom. The van der Waals surface area contributed by atoms with Crippen LogP contribution in [-0.2, 0) is 7.05 Å². The normalized spacial score (nSPS) is 12.2. The molecule has 158 valence electrons. The number of aromatic nitrogens is 3. The largest absolute Gasteiger partial charge is 0.369 e. The van der Waals surface area contributed by atoms with Gasteiger partial charge in [0.25, 0.3) is 11.5 Å². The van der Waals surface area contributed by atoms with Crippen LogP contribution in [0.2, 0.25) is 0 Å². The molecule has 0 fully saturated rings. The van der Waals surface area contributed by atoms with Crippen molar-refractivity contribution in [2.24, 2.45) is 7.05 Å². The molecule has 0 unspecified atom stereocenters. The third-order valence-corrected chi connectivity index (χ3v) is 4.99. The summed E-state index contributed by atoms with van der Waals surface area (Å²) in [6.45, 7) is 1.53. The van der Waals surface area contributed by atoms with Crippen molar-refractivity contribution in [2.45, 2.75) is 13.2 Å². The molecule has 4 aromatic rings. The number of amides is 1. The summed E-state index contributed by atoms with van der Waals surface area (Å²) >= 11 is 0.